The van der Waals surface area contributed by atoms with Crippen LogP contribution in [0, 0.1) is 5.41 Å². The molecule has 0 aliphatic carbocycles. The normalized spacial score (nSPS) is 17.9. The third kappa shape index (κ3) is 5.01. The van der Waals surface area contributed by atoms with Gasteiger partial charge in [0, 0.05) is 18.4 Å². The minimum Gasteiger partial charge on any atom is -0.493 e. The van der Waals surface area contributed by atoms with Gasteiger partial charge in [0.2, 0.25) is 6.29 Å². The molecule has 0 radical (unpaired) electrons. The van der Waals surface area contributed by atoms with Gasteiger partial charge in [0.05, 0.1) is 12.7 Å². The minimum absolute atomic E-state index is 0.00205. The van der Waals surface area contributed by atoms with E-state index in [0.29, 0.717) is 6.61 Å². The lowest BCUT2D eigenvalue weighted by atomic mass is 9.92. The molecular weight excluding hydrogens is 324 g/mol. The maximum absolute atomic E-state index is 6.45. The third-order valence-electron chi connectivity index (χ3n) is 4.60. The molecule has 26 heavy (non-hydrogen) atoms. The van der Waals surface area contributed by atoms with Crippen LogP contribution in [-0.2, 0) is 11.2 Å². The van der Waals surface area contributed by atoms with Crippen molar-refractivity contribution in [3.63, 3.8) is 0 Å². The van der Waals surface area contributed by atoms with E-state index in [1.807, 2.05) is 30.3 Å². The predicted octanol–water partition coefficient (Wildman–Crippen LogP) is 5.93. The van der Waals surface area contributed by atoms with Gasteiger partial charge in [-0.05, 0) is 35.6 Å². The van der Waals surface area contributed by atoms with Crippen molar-refractivity contribution in [3.8, 4) is 11.5 Å². The summed E-state index contributed by atoms with van der Waals surface area (Å²) in [5.41, 5.74) is 2.53. The summed E-state index contributed by atoms with van der Waals surface area (Å²) in [5.74, 6) is 1.78. The lowest BCUT2D eigenvalue weighted by molar-refractivity contribution is -0.144. The number of aryl methyl sites for hydroxylation is 1. The van der Waals surface area contributed by atoms with Crippen molar-refractivity contribution in [2.24, 2.45) is 5.41 Å². The number of hydrogen-bond acceptors (Lipinski definition) is 3. The first-order chi connectivity index (χ1) is 12.4. The average Bonchev–Trinajstić information content (AvgIpc) is 2.61. The molecule has 0 amide bonds. The van der Waals surface area contributed by atoms with E-state index in [1.165, 1.54) is 5.56 Å². The van der Waals surface area contributed by atoms with E-state index < -0.39 is 0 Å². The molecule has 1 aliphatic heterocycles. The summed E-state index contributed by atoms with van der Waals surface area (Å²) in [7, 11) is 0. The van der Waals surface area contributed by atoms with E-state index in [4.69, 9.17) is 14.2 Å². The molecule has 3 nitrogen and oxygen atoms in total. The molecule has 2 atom stereocenters. The number of ether oxygens (including phenoxy) is 3. The quantitative estimate of drug-likeness (QED) is 0.602. The second-order valence-electron chi connectivity index (χ2n) is 8.11. The van der Waals surface area contributed by atoms with Crippen molar-refractivity contribution in [2.75, 3.05) is 6.61 Å². The van der Waals surface area contributed by atoms with Crippen molar-refractivity contribution >= 4 is 0 Å². The summed E-state index contributed by atoms with van der Waals surface area (Å²) in [4.78, 5) is 0. The highest BCUT2D eigenvalue weighted by Crippen LogP contribution is 2.37. The van der Waals surface area contributed by atoms with Crippen molar-refractivity contribution in [1.29, 1.82) is 0 Å². The Bertz CT molecular complexity index is 700. The number of benzene rings is 2. The number of fused-ring (bicyclic) bond motifs is 1. The summed E-state index contributed by atoms with van der Waals surface area (Å²) in [5, 5.41) is 0. The monoisotopic (exact) mass is 354 g/mol. The highest BCUT2D eigenvalue weighted by atomic mass is 16.7. The molecule has 0 saturated heterocycles. The number of rotatable bonds is 6. The summed E-state index contributed by atoms with van der Waals surface area (Å²) in [6, 6.07) is 16.4. The summed E-state index contributed by atoms with van der Waals surface area (Å²) in [6.45, 7) is 9.47. The predicted molar refractivity (Wildman–Crippen MR) is 105 cm³/mol. The van der Waals surface area contributed by atoms with Crippen LogP contribution >= 0.6 is 0 Å². The Morgan fingerprint density at radius 3 is 2.50 bits per heavy atom. The Balaban J connectivity index is 1.76. The maximum atomic E-state index is 6.45. The lowest BCUT2D eigenvalue weighted by Gasteiger charge is -2.32. The molecule has 2 aromatic carbocycles. The van der Waals surface area contributed by atoms with Crippen molar-refractivity contribution < 1.29 is 14.2 Å². The second-order valence-corrected chi connectivity index (χ2v) is 8.11. The molecule has 0 saturated carbocycles. The first kappa shape index (κ1) is 18.8. The molecule has 1 heterocycles. The standard InChI is InChI=1S/C23H30O3/c1-5-17-10-12-18(13-11-17)25-22(16-23(2,3)4)26-21-14-15-24-20-9-7-6-8-19(20)21/h6-13,21-22H,5,14-16H2,1-4H3. The van der Waals surface area contributed by atoms with E-state index in [1.54, 1.807) is 0 Å². The van der Waals surface area contributed by atoms with Gasteiger partial charge < -0.3 is 14.2 Å². The molecule has 0 fully saturated rings. The molecule has 3 heteroatoms. The SMILES string of the molecule is CCc1ccc(OC(CC(C)(C)C)OC2CCOc3ccccc32)cc1. The summed E-state index contributed by atoms with van der Waals surface area (Å²) >= 11 is 0. The van der Waals surface area contributed by atoms with Crippen LogP contribution in [0.1, 0.15) is 57.8 Å². The van der Waals surface area contributed by atoms with Gasteiger partial charge in [-0.15, -0.1) is 0 Å². The van der Waals surface area contributed by atoms with Gasteiger partial charge in [-0.2, -0.15) is 0 Å². The second kappa shape index (κ2) is 8.13. The van der Waals surface area contributed by atoms with Gasteiger partial charge in [0.25, 0.3) is 0 Å². The molecule has 0 spiro atoms. The molecule has 140 valence electrons. The van der Waals surface area contributed by atoms with Crippen LogP contribution in [0.5, 0.6) is 11.5 Å². The summed E-state index contributed by atoms with van der Waals surface area (Å²) < 4.78 is 18.5. The van der Waals surface area contributed by atoms with E-state index in [-0.39, 0.29) is 17.8 Å². The zero-order valence-electron chi connectivity index (χ0n) is 16.3. The Hall–Kier alpha value is -2.00. The third-order valence-corrected chi connectivity index (χ3v) is 4.60. The van der Waals surface area contributed by atoms with Crippen molar-refractivity contribution in [1.82, 2.24) is 0 Å². The van der Waals surface area contributed by atoms with Crippen molar-refractivity contribution in [2.45, 2.75) is 59.4 Å². The van der Waals surface area contributed by atoms with Crippen LogP contribution in [0.4, 0.5) is 0 Å². The molecule has 3 rings (SSSR count). The Labute approximate surface area is 157 Å². The van der Waals surface area contributed by atoms with E-state index in [9.17, 15) is 0 Å². The number of hydrogen-bond donors (Lipinski definition) is 0. The first-order valence-corrected chi connectivity index (χ1v) is 9.57. The topological polar surface area (TPSA) is 27.7 Å². The Morgan fingerprint density at radius 1 is 1.08 bits per heavy atom. The maximum Gasteiger partial charge on any atom is 0.200 e. The molecule has 1 aliphatic rings. The van der Waals surface area contributed by atoms with Crippen LogP contribution in [0.25, 0.3) is 0 Å². The van der Waals surface area contributed by atoms with Gasteiger partial charge in [0.15, 0.2) is 0 Å². The van der Waals surface area contributed by atoms with Crippen LogP contribution < -0.4 is 9.47 Å². The fraction of sp³-hybridized carbons (Fsp3) is 0.478. The molecule has 2 aromatic rings. The zero-order chi connectivity index (χ0) is 18.6. The van der Waals surface area contributed by atoms with Crippen LogP contribution in [0.15, 0.2) is 48.5 Å². The van der Waals surface area contributed by atoms with Gasteiger partial charge in [0.1, 0.15) is 11.5 Å². The Morgan fingerprint density at radius 2 is 1.81 bits per heavy atom. The van der Waals surface area contributed by atoms with Crippen LogP contribution in [-0.4, -0.2) is 12.9 Å². The smallest absolute Gasteiger partial charge is 0.200 e. The molecule has 0 aromatic heterocycles. The first-order valence-electron chi connectivity index (χ1n) is 9.57. The van der Waals surface area contributed by atoms with E-state index in [2.05, 4.69) is 45.9 Å². The van der Waals surface area contributed by atoms with E-state index in [0.717, 1.165) is 36.3 Å². The minimum atomic E-state index is -0.293. The van der Waals surface area contributed by atoms with Crippen LogP contribution in [0.2, 0.25) is 0 Å². The van der Waals surface area contributed by atoms with Crippen molar-refractivity contribution in [3.05, 3.63) is 59.7 Å². The van der Waals surface area contributed by atoms with Gasteiger partial charge in [-0.25, -0.2) is 0 Å². The highest BCUT2D eigenvalue weighted by Gasteiger charge is 2.28. The lowest BCUT2D eigenvalue weighted by Crippen LogP contribution is -2.30. The fourth-order valence-electron chi connectivity index (χ4n) is 3.21. The highest BCUT2D eigenvalue weighted by molar-refractivity contribution is 5.36. The van der Waals surface area contributed by atoms with Crippen LogP contribution in [0.3, 0.4) is 0 Å². The van der Waals surface area contributed by atoms with Gasteiger partial charge in [-0.1, -0.05) is 58.0 Å². The molecule has 0 N–H and O–H groups in total. The molecule has 0 bridgehead atoms. The largest absolute Gasteiger partial charge is 0.493 e. The summed E-state index contributed by atoms with van der Waals surface area (Å²) in [6.07, 6.45) is 2.40. The average molecular weight is 354 g/mol. The number of para-hydroxylation sites is 1. The zero-order valence-corrected chi connectivity index (χ0v) is 16.3. The Kier molecular flexibility index (Phi) is 5.87. The van der Waals surface area contributed by atoms with E-state index >= 15 is 0 Å². The molecular formula is C23H30O3. The molecule has 2 unspecified atom stereocenters. The fourth-order valence-corrected chi connectivity index (χ4v) is 3.21. The van der Waals surface area contributed by atoms with Gasteiger partial charge in [-0.3, -0.25) is 0 Å². The van der Waals surface area contributed by atoms with Gasteiger partial charge >= 0.3 is 0 Å².